The molecule has 1 aliphatic heterocycles. The summed E-state index contributed by atoms with van der Waals surface area (Å²) in [6, 6.07) is 2.55. The molecule has 1 aliphatic rings. The highest BCUT2D eigenvalue weighted by molar-refractivity contribution is 6.29. The van der Waals surface area contributed by atoms with Crippen molar-refractivity contribution in [2.24, 2.45) is 0 Å². The summed E-state index contributed by atoms with van der Waals surface area (Å²) in [6.45, 7) is 0.542. The largest absolute Gasteiger partial charge is 0.365 e. The summed E-state index contributed by atoms with van der Waals surface area (Å²) in [4.78, 5) is 27.2. The summed E-state index contributed by atoms with van der Waals surface area (Å²) >= 11 is 5.74. The Balaban J connectivity index is 2.11. The SMILES string of the molecule is CN1CC(Nc2cc([N+](=O)[O-])cc(Cl)n2)CCC1=O. The fourth-order valence-corrected chi connectivity index (χ4v) is 2.20. The predicted octanol–water partition coefficient (Wildman–Crippen LogP) is 1.68. The molecule has 7 nitrogen and oxygen atoms in total. The molecule has 19 heavy (non-hydrogen) atoms. The van der Waals surface area contributed by atoms with Crippen LogP contribution < -0.4 is 5.32 Å². The fraction of sp³-hybridized carbons (Fsp3) is 0.455. The van der Waals surface area contributed by atoms with Gasteiger partial charge in [0.1, 0.15) is 11.0 Å². The van der Waals surface area contributed by atoms with Gasteiger partial charge in [0, 0.05) is 26.1 Å². The summed E-state index contributed by atoms with van der Waals surface area (Å²) in [6.07, 6.45) is 1.13. The summed E-state index contributed by atoms with van der Waals surface area (Å²) in [5.41, 5.74) is -0.109. The average molecular weight is 285 g/mol. The number of nitro groups is 1. The molecule has 1 aromatic rings. The minimum absolute atomic E-state index is 0.0215. The molecule has 1 saturated heterocycles. The summed E-state index contributed by atoms with van der Waals surface area (Å²) < 4.78 is 0. The Morgan fingerprint density at radius 3 is 2.95 bits per heavy atom. The summed E-state index contributed by atoms with van der Waals surface area (Å²) in [5, 5.41) is 13.9. The molecule has 2 rings (SSSR count). The molecule has 102 valence electrons. The van der Waals surface area contributed by atoms with Gasteiger partial charge in [-0.3, -0.25) is 14.9 Å². The van der Waals surface area contributed by atoms with Crippen LogP contribution in [0.5, 0.6) is 0 Å². The minimum Gasteiger partial charge on any atom is -0.365 e. The number of hydrogen-bond acceptors (Lipinski definition) is 5. The van der Waals surface area contributed by atoms with E-state index in [9.17, 15) is 14.9 Å². The first-order valence-electron chi connectivity index (χ1n) is 5.78. The maximum Gasteiger partial charge on any atom is 0.276 e. The number of amides is 1. The number of carbonyl (C=O) groups is 1. The lowest BCUT2D eigenvalue weighted by Gasteiger charge is -2.30. The second kappa shape index (κ2) is 5.40. The first-order valence-corrected chi connectivity index (χ1v) is 6.16. The molecule has 0 bridgehead atoms. The van der Waals surface area contributed by atoms with Crippen molar-refractivity contribution in [2.45, 2.75) is 18.9 Å². The van der Waals surface area contributed by atoms with Gasteiger partial charge in [-0.05, 0) is 6.42 Å². The van der Waals surface area contributed by atoms with E-state index in [1.165, 1.54) is 12.1 Å². The van der Waals surface area contributed by atoms with Crippen LogP contribution in [0.2, 0.25) is 5.15 Å². The monoisotopic (exact) mass is 284 g/mol. The average Bonchev–Trinajstić information content (AvgIpc) is 2.33. The lowest BCUT2D eigenvalue weighted by atomic mass is 10.1. The number of nitrogens with zero attached hydrogens (tertiary/aromatic N) is 3. The number of likely N-dealkylation sites (tertiary alicyclic amines) is 1. The Bertz CT molecular complexity index is 523. The predicted molar refractivity (Wildman–Crippen MR) is 70.2 cm³/mol. The van der Waals surface area contributed by atoms with Crippen LogP contribution in [0.1, 0.15) is 12.8 Å². The standard InChI is InChI=1S/C11H13ClN4O3/c1-15-6-7(2-3-11(15)17)13-10-5-8(16(18)19)4-9(12)14-10/h4-5,7H,2-3,6H2,1H3,(H,13,14). The zero-order valence-electron chi connectivity index (χ0n) is 10.3. The van der Waals surface area contributed by atoms with E-state index in [0.717, 1.165) is 0 Å². The first-order chi connectivity index (χ1) is 8.95. The lowest BCUT2D eigenvalue weighted by Crippen LogP contribution is -2.43. The van der Waals surface area contributed by atoms with Crippen molar-refractivity contribution in [1.82, 2.24) is 9.88 Å². The van der Waals surface area contributed by atoms with Gasteiger partial charge in [-0.15, -0.1) is 0 Å². The van der Waals surface area contributed by atoms with Crippen molar-refractivity contribution < 1.29 is 9.72 Å². The van der Waals surface area contributed by atoms with Gasteiger partial charge < -0.3 is 10.2 Å². The Morgan fingerprint density at radius 1 is 1.58 bits per heavy atom. The second-order valence-corrected chi connectivity index (χ2v) is 4.83. The molecule has 1 unspecified atom stereocenters. The van der Waals surface area contributed by atoms with E-state index < -0.39 is 4.92 Å². The number of likely N-dealkylation sites (N-methyl/N-ethyl adjacent to an activating group) is 1. The first kappa shape index (κ1) is 13.5. The van der Waals surface area contributed by atoms with Gasteiger partial charge >= 0.3 is 0 Å². The van der Waals surface area contributed by atoms with E-state index >= 15 is 0 Å². The number of halogens is 1. The van der Waals surface area contributed by atoms with Crippen molar-refractivity contribution in [3.05, 3.63) is 27.4 Å². The zero-order chi connectivity index (χ0) is 14.0. The van der Waals surface area contributed by atoms with Crippen molar-refractivity contribution in [2.75, 3.05) is 18.9 Å². The Labute approximate surface area is 114 Å². The molecule has 1 N–H and O–H groups in total. The van der Waals surface area contributed by atoms with Crippen LogP contribution in [-0.2, 0) is 4.79 Å². The Kier molecular flexibility index (Phi) is 3.84. The van der Waals surface area contributed by atoms with Crippen molar-refractivity contribution >= 4 is 29.0 Å². The molecule has 1 atom stereocenters. The highest BCUT2D eigenvalue weighted by atomic mass is 35.5. The molecule has 1 aromatic heterocycles. The summed E-state index contributed by atoms with van der Waals surface area (Å²) in [5.74, 6) is 0.454. The Hall–Kier alpha value is -1.89. The molecule has 0 aliphatic carbocycles. The van der Waals surface area contributed by atoms with Crippen molar-refractivity contribution in [1.29, 1.82) is 0 Å². The molecular formula is C11H13ClN4O3. The number of nitrogens with one attached hydrogen (secondary N) is 1. The van der Waals surface area contributed by atoms with Gasteiger partial charge in [0.15, 0.2) is 0 Å². The summed E-state index contributed by atoms with van der Waals surface area (Å²) in [7, 11) is 1.73. The zero-order valence-corrected chi connectivity index (χ0v) is 11.1. The van der Waals surface area contributed by atoms with Gasteiger partial charge in [-0.1, -0.05) is 11.6 Å². The quantitative estimate of drug-likeness (QED) is 0.518. The van der Waals surface area contributed by atoms with Gasteiger partial charge in [0.25, 0.3) is 5.69 Å². The maximum atomic E-state index is 11.4. The van der Waals surface area contributed by atoms with E-state index in [4.69, 9.17) is 11.6 Å². The van der Waals surface area contributed by atoms with E-state index in [-0.39, 0.29) is 22.8 Å². The molecule has 0 aromatic carbocycles. The fourth-order valence-electron chi connectivity index (χ4n) is 2.00. The molecule has 8 heteroatoms. The topological polar surface area (TPSA) is 88.4 Å². The number of carbonyl (C=O) groups excluding carboxylic acids is 1. The van der Waals surface area contributed by atoms with Crippen LogP contribution >= 0.6 is 11.6 Å². The number of rotatable bonds is 3. The van der Waals surface area contributed by atoms with Gasteiger partial charge in [-0.2, -0.15) is 0 Å². The second-order valence-electron chi connectivity index (χ2n) is 4.44. The van der Waals surface area contributed by atoms with Crippen LogP contribution in [-0.4, -0.2) is 40.3 Å². The molecule has 0 radical (unpaired) electrons. The lowest BCUT2D eigenvalue weighted by molar-refractivity contribution is -0.384. The van der Waals surface area contributed by atoms with Crippen LogP contribution in [0, 0.1) is 10.1 Å². The van der Waals surface area contributed by atoms with Gasteiger partial charge in [0.05, 0.1) is 17.1 Å². The number of pyridine rings is 1. The molecule has 0 saturated carbocycles. The third kappa shape index (κ3) is 3.31. The number of piperidine rings is 1. The normalized spacial score (nSPS) is 19.4. The third-order valence-corrected chi connectivity index (χ3v) is 3.16. The highest BCUT2D eigenvalue weighted by Gasteiger charge is 2.23. The molecule has 0 spiro atoms. The molecule has 1 fully saturated rings. The van der Waals surface area contributed by atoms with E-state index in [2.05, 4.69) is 10.3 Å². The van der Waals surface area contributed by atoms with Crippen LogP contribution in [0.4, 0.5) is 11.5 Å². The van der Waals surface area contributed by atoms with E-state index in [0.29, 0.717) is 25.2 Å². The maximum absolute atomic E-state index is 11.4. The minimum atomic E-state index is -0.519. The highest BCUT2D eigenvalue weighted by Crippen LogP contribution is 2.22. The van der Waals surface area contributed by atoms with Gasteiger partial charge in [0.2, 0.25) is 5.91 Å². The van der Waals surface area contributed by atoms with Crippen LogP contribution in [0.25, 0.3) is 0 Å². The van der Waals surface area contributed by atoms with E-state index in [1.54, 1.807) is 11.9 Å². The molecule has 1 amide bonds. The molecular weight excluding hydrogens is 272 g/mol. The van der Waals surface area contributed by atoms with E-state index in [1.807, 2.05) is 0 Å². The van der Waals surface area contributed by atoms with Crippen LogP contribution in [0.15, 0.2) is 12.1 Å². The smallest absolute Gasteiger partial charge is 0.276 e. The number of aromatic nitrogens is 1. The third-order valence-electron chi connectivity index (χ3n) is 2.97. The van der Waals surface area contributed by atoms with Crippen molar-refractivity contribution in [3.8, 4) is 0 Å². The Morgan fingerprint density at radius 2 is 2.32 bits per heavy atom. The number of hydrogen-bond donors (Lipinski definition) is 1. The van der Waals surface area contributed by atoms with Crippen molar-refractivity contribution in [3.63, 3.8) is 0 Å². The van der Waals surface area contributed by atoms with Crippen LogP contribution in [0.3, 0.4) is 0 Å². The van der Waals surface area contributed by atoms with Gasteiger partial charge in [-0.25, -0.2) is 4.98 Å². The number of anilines is 1. The molecule has 2 heterocycles.